The lowest BCUT2D eigenvalue weighted by Gasteiger charge is -2.01. The molecule has 0 bridgehead atoms. The van der Waals surface area contributed by atoms with E-state index in [1.54, 1.807) is 10.9 Å². The molecular weight excluding hydrogens is 260 g/mol. The Morgan fingerprint density at radius 2 is 1.62 bits per heavy atom. The molecule has 0 unspecified atom stereocenters. The van der Waals surface area contributed by atoms with Crippen molar-refractivity contribution in [1.82, 2.24) is 9.78 Å². The summed E-state index contributed by atoms with van der Waals surface area (Å²) in [6.07, 6.45) is 1.80. The number of rotatable bonds is 3. The van der Waals surface area contributed by atoms with Crippen molar-refractivity contribution in [3.8, 4) is 5.69 Å². The van der Waals surface area contributed by atoms with Crippen molar-refractivity contribution in [3.63, 3.8) is 0 Å². The van der Waals surface area contributed by atoms with Crippen LogP contribution in [0.3, 0.4) is 0 Å². The molecule has 3 rings (SSSR count). The lowest BCUT2D eigenvalue weighted by molar-refractivity contribution is 0.103. The molecule has 0 radical (unpaired) electrons. The first-order chi connectivity index (χ1) is 10.1. The quantitative estimate of drug-likeness (QED) is 0.683. The molecule has 0 saturated heterocycles. The van der Waals surface area contributed by atoms with Gasteiger partial charge >= 0.3 is 0 Å². The van der Waals surface area contributed by atoms with Gasteiger partial charge < -0.3 is 0 Å². The fourth-order valence-electron chi connectivity index (χ4n) is 2.26. The minimum Gasteiger partial charge on any atom is -0.288 e. The normalized spacial score (nSPS) is 10.6. The molecule has 3 heteroatoms. The lowest BCUT2D eigenvalue weighted by Crippen LogP contribution is -2.01. The highest BCUT2D eigenvalue weighted by molar-refractivity contribution is 6.09. The van der Waals surface area contributed by atoms with Crippen LogP contribution in [0.4, 0.5) is 0 Å². The van der Waals surface area contributed by atoms with Crippen LogP contribution in [-0.2, 0) is 0 Å². The Labute approximate surface area is 123 Å². The molecule has 2 aromatic carbocycles. The monoisotopic (exact) mass is 276 g/mol. The molecule has 0 aliphatic rings. The van der Waals surface area contributed by atoms with Gasteiger partial charge in [-0.15, -0.1) is 0 Å². The zero-order chi connectivity index (χ0) is 14.8. The molecular formula is C18H16N2O. The van der Waals surface area contributed by atoms with Gasteiger partial charge in [-0.2, -0.15) is 5.10 Å². The largest absolute Gasteiger partial charge is 0.288 e. The molecule has 0 saturated carbocycles. The first-order valence-electron chi connectivity index (χ1n) is 6.88. The van der Waals surface area contributed by atoms with Crippen LogP contribution < -0.4 is 0 Å². The minimum atomic E-state index is 0.00598. The molecule has 0 aliphatic carbocycles. The first kappa shape index (κ1) is 13.3. The van der Waals surface area contributed by atoms with Crippen LogP contribution in [0.2, 0.25) is 0 Å². The molecule has 0 amide bonds. The van der Waals surface area contributed by atoms with E-state index in [1.807, 2.05) is 68.4 Å². The second kappa shape index (κ2) is 5.37. The standard InChI is InChI=1S/C18H16N2O/c1-13-8-10-16(11-9-13)20-12-17(14(2)19-20)18(21)15-6-4-3-5-7-15/h3-12H,1-2H3. The van der Waals surface area contributed by atoms with Gasteiger partial charge in [0, 0.05) is 11.8 Å². The van der Waals surface area contributed by atoms with Crippen LogP contribution >= 0.6 is 0 Å². The van der Waals surface area contributed by atoms with Crippen molar-refractivity contribution in [2.75, 3.05) is 0 Å². The molecule has 3 nitrogen and oxygen atoms in total. The summed E-state index contributed by atoms with van der Waals surface area (Å²) in [6, 6.07) is 17.3. The highest BCUT2D eigenvalue weighted by Crippen LogP contribution is 2.16. The van der Waals surface area contributed by atoms with Gasteiger partial charge in [-0.1, -0.05) is 48.0 Å². The zero-order valence-electron chi connectivity index (χ0n) is 12.1. The highest BCUT2D eigenvalue weighted by Gasteiger charge is 2.15. The highest BCUT2D eigenvalue weighted by atomic mass is 16.1. The second-order valence-electron chi connectivity index (χ2n) is 5.10. The number of nitrogens with zero attached hydrogens (tertiary/aromatic N) is 2. The topological polar surface area (TPSA) is 34.9 Å². The summed E-state index contributed by atoms with van der Waals surface area (Å²) < 4.78 is 1.75. The molecule has 0 spiro atoms. The lowest BCUT2D eigenvalue weighted by atomic mass is 10.0. The van der Waals surface area contributed by atoms with Gasteiger partial charge in [0.05, 0.1) is 16.9 Å². The predicted octanol–water partition coefficient (Wildman–Crippen LogP) is 3.72. The van der Waals surface area contributed by atoms with Crippen molar-refractivity contribution < 1.29 is 4.79 Å². The Balaban J connectivity index is 1.98. The van der Waals surface area contributed by atoms with E-state index in [2.05, 4.69) is 5.10 Å². The van der Waals surface area contributed by atoms with Crippen molar-refractivity contribution >= 4 is 5.78 Å². The van der Waals surface area contributed by atoms with E-state index < -0.39 is 0 Å². The van der Waals surface area contributed by atoms with E-state index in [0.29, 0.717) is 11.1 Å². The third-order valence-electron chi connectivity index (χ3n) is 3.48. The number of benzene rings is 2. The van der Waals surface area contributed by atoms with Gasteiger partial charge in [-0.25, -0.2) is 4.68 Å². The van der Waals surface area contributed by atoms with Crippen LogP contribution in [-0.4, -0.2) is 15.6 Å². The molecule has 104 valence electrons. The van der Waals surface area contributed by atoms with Gasteiger partial charge in [0.2, 0.25) is 0 Å². The van der Waals surface area contributed by atoms with E-state index in [0.717, 1.165) is 11.4 Å². The summed E-state index contributed by atoms with van der Waals surface area (Å²) in [6.45, 7) is 3.91. The Bertz CT molecular complexity index is 771. The van der Waals surface area contributed by atoms with Crippen molar-refractivity contribution in [1.29, 1.82) is 0 Å². The Morgan fingerprint density at radius 1 is 0.952 bits per heavy atom. The number of aryl methyl sites for hydroxylation is 2. The molecule has 0 atom stereocenters. The zero-order valence-corrected chi connectivity index (χ0v) is 12.1. The van der Waals surface area contributed by atoms with E-state index >= 15 is 0 Å². The average molecular weight is 276 g/mol. The van der Waals surface area contributed by atoms with Gasteiger partial charge in [0.15, 0.2) is 5.78 Å². The number of carbonyl (C=O) groups excluding carboxylic acids is 1. The van der Waals surface area contributed by atoms with Gasteiger partial charge in [0.1, 0.15) is 0 Å². The summed E-state index contributed by atoms with van der Waals surface area (Å²) in [7, 11) is 0. The van der Waals surface area contributed by atoms with E-state index in [9.17, 15) is 4.79 Å². The van der Waals surface area contributed by atoms with Crippen LogP contribution in [0.5, 0.6) is 0 Å². The van der Waals surface area contributed by atoms with E-state index in [4.69, 9.17) is 0 Å². The molecule has 0 fully saturated rings. The summed E-state index contributed by atoms with van der Waals surface area (Å²) >= 11 is 0. The maximum absolute atomic E-state index is 12.5. The molecule has 0 aliphatic heterocycles. The summed E-state index contributed by atoms with van der Waals surface area (Å²) in [5, 5.41) is 4.45. The molecule has 0 N–H and O–H groups in total. The predicted molar refractivity (Wildman–Crippen MR) is 82.9 cm³/mol. The van der Waals surface area contributed by atoms with Crippen LogP contribution in [0.1, 0.15) is 27.2 Å². The minimum absolute atomic E-state index is 0.00598. The Kier molecular flexibility index (Phi) is 3.40. The van der Waals surface area contributed by atoms with Crippen LogP contribution in [0, 0.1) is 13.8 Å². The summed E-state index contributed by atoms with van der Waals surface area (Å²) in [4.78, 5) is 12.5. The second-order valence-corrected chi connectivity index (χ2v) is 5.10. The van der Waals surface area contributed by atoms with Crippen molar-refractivity contribution in [2.24, 2.45) is 0 Å². The van der Waals surface area contributed by atoms with Gasteiger partial charge in [-0.3, -0.25) is 4.79 Å². The average Bonchev–Trinajstić information content (AvgIpc) is 2.90. The van der Waals surface area contributed by atoms with E-state index in [1.165, 1.54) is 5.56 Å². The third kappa shape index (κ3) is 2.63. The van der Waals surface area contributed by atoms with Gasteiger partial charge in [0.25, 0.3) is 0 Å². The first-order valence-corrected chi connectivity index (χ1v) is 6.88. The molecule has 1 aromatic heterocycles. The Morgan fingerprint density at radius 3 is 2.29 bits per heavy atom. The third-order valence-corrected chi connectivity index (χ3v) is 3.48. The summed E-state index contributed by atoms with van der Waals surface area (Å²) in [5.74, 6) is 0.00598. The molecule has 3 aromatic rings. The smallest absolute Gasteiger partial charge is 0.196 e. The maximum atomic E-state index is 12.5. The maximum Gasteiger partial charge on any atom is 0.196 e. The number of ketones is 1. The van der Waals surface area contributed by atoms with Crippen LogP contribution in [0.15, 0.2) is 60.8 Å². The van der Waals surface area contributed by atoms with Crippen molar-refractivity contribution in [2.45, 2.75) is 13.8 Å². The van der Waals surface area contributed by atoms with Gasteiger partial charge in [-0.05, 0) is 26.0 Å². The SMILES string of the molecule is Cc1ccc(-n2cc(C(=O)c3ccccc3)c(C)n2)cc1. The van der Waals surface area contributed by atoms with Crippen LogP contribution in [0.25, 0.3) is 5.69 Å². The summed E-state index contributed by atoms with van der Waals surface area (Å²) in [5.41, 5.74) is 4.22. The fourth-order valence-corrected chi connectivity index (χ4v) is 2.26. The number of carbonyl (C=O) groups is 1. The molecule has 21 heavy (non-hydrogen) atoms. The fraction of sp³-hybridized carbons (Fsp3) is 0.111. The Hall–Kier alpha value is -2.68. The van der Waals surface area contributed by atoms with E-state index in [-0.39, 0.29) is 5.78 Å². The molecule has 1 heterocycles. The number of hydrogen-bond donors (Lipinski definition) is 0. The number of hydrogen-bond acceptors (Lipinski definition) is 2. The van der Waals surface area contributed by atoms with Crippen molar-refractivity contribution in [3.05, 3.63) is 83.2 Å². The number of aromatic nitrogens is 2.